The van der Waals surface area contributed by atoms with Crippen LogP contribution in [0.2, 0.25) is 0 Å². The molecule has 0 aliphatic rings. The Kier molecular flexibility index (Phi) is 6.09. The fourth-order valence-corrected chi connectivity index (χ4v) is 3.07. The van der Waals surface area contributed by atoms with Crippen LogP contribution in [-0.2, 0) is 17.9 Å². The number of carbonyl (C=O) groups excluding carboxylic acids is 1. The van der Waals surface area contributed by atoms with Crippen LogP contribution in [0.4, 0.5) is 9.52 Å². The van der Waals surface area contributed by atoms with E-state index in [1.807, 2.05) is 0 Å². The molecule has 0 radical (unpaired) electrons. The van der Waals surface area contributed by atoms with Gasteiger partial charge in [-0.3, -0.25) is 10.1 Å². The SMILES string of the molecule is COCc1cnc(NC(=O)c2nnn(CCOc3ccc(F)cc3)c2C)s1. The van der Waals surface area contributed by atoms with Crippen molar-refractivity contribution in [2.75, 3.05) is 19.0 Å². The van der Waals surface area contributed by atoms with E-state index in [0.29, 0.717) is 36.3 Å². The van der Waals surface area contributed by atoms with Gasteiger partial charge in [-0.15, -0.1) is 5.10 Å². The second-order valence-electron chi connectivity index (χ2n) is 5.57. The van der Waals surface area contributed by atoms with Crippen molar-refractivity contribution >= 4 is 22.4 Å². The number of anilines is 1. The predicted molar refractivity (Wildman–Crippen MR) is 97.4 cm³/mol. The van der Waals surface area contributed by atoms with Crippen molar-refractivity contribution in [1.29, 1.82) is 0 Å². The summed E-state index contributed by atoms with van der Waals surface area (Å²) in [6.45, 7) is 2.91. The number of hydrogen-bond donors (Lipinski definition) is 1. The maximum Gasteiger partial charge on any atom is 0.279 e. The summed E-state index contributed by atoms with van der Waals surface area (Å²) in [5, 5.41) is 11.1. The molecule has 0 atom stereocenters. The average molecular weight is 391 g/mol. The Morgan fingerprint density at radius 3 is 2.85 bits per heavy atom. The molecule has 8 nitrogen and oxygen atoms in total. The van der Waals surface area contributed by atoms with E-state index in [-0.39, 0.29) is 17.4 Å². The van der Waals surface area contributed by atoms with Crippen molar-refractivity contribution in [1.82, 2.24) is 20.0 Å². The fraction of sp³-hybridized carbons (Fsp3) is 0.294. The Morgan fingerprint density at radius 2 is 2.11 bits per heavy atom. The van der Waals surface area contributed by atoms with Crippen molar-refractivity contribution in [2.45, 2.75) is 20.1 Å². The van der Waals surface area contributed by atoms with Gasteiger partial charge in [-0.05, 0) is 31.2 Å². The third-order valence-electron chi connectivity index (χ3n) is 3.64. The van der Waals surface area contributed by atoms with Gasteiger partial charge < -0.3 is 9.47 Å². The van der Waals surface area contributed by atoms with Gasteiger partial charge in [-0.2, -0.15) is 0 Å². The number of hydrogen-bond acceptors (Lipinski definition) is 7. The molecule has 0 aliphatic carbocycles. The lowest BCUT2D eigenvalue weighted by Crippen LogP contribution is -2.15. The molecule has 1 N–H and O–H groups in total. The van der Waals surface area contributed by atoms with Crippen LogP contribution in [0.15, 0.2) is 30.5 Å². The zero-order valence-electron chi connectivity index (χ0n) is 14.8. The van der Waals surface area contributed by atoms with Crippen molar-refractivity contribution in [3.05, 3.63) is 52.5 Å². The van der Waals surface area contributed by atoms with E-state index in [2.05, 4.69) is 20.6 Å². The van der Waals surface area contributed by atoms with Crippen molar-refractivity contribution in [3.63, 3.8) is 0 Å². The van der Waals surface area contributed by atoms with Gasteiger partial charge in [0.05, 0.1) is 23.7 Å². The number of rotatable bonds is 8. The molecule has 1 aromatic carbocycles. The summed E-state index contributed by atoms with van der Waals surface area (Å²) >= 11 is 1.34. The topological polar surface area (TPSA) is 91.2 Å². The number of halogens is 1. The van der Waals surface area contributed by atoms with Gasteiger partial charge in [0.2, 0.25) is 0 Å². The lowest BCUT2D eigenvalue weighted by molar-refractivity contribution is 0.102. The van der Waals surface area contributed by atoms with Gasteiger partial charge in [0.1, 0.15) is 18.2 Å². The molecule has 2 heterocycles. The van der Waals surface area contributed by atoms with Crippen LogP contribution >= 0.6 is 11.3 Å². The lowest BCUT2D eigenvalue weighted by Gasteiger charge is -2.07. The van der Waals surface area contributed by atoms with E-state index >= 15 is 0 Å². The van der Waals surface area contributed by atoms with E-state index in [4.69, 9.17) is 9.47 Å². The molecule has 2 aromatic heterocycles. The van der Waals surface area contributed by atoms with E-state index < -0.39 is 0 Å². The first kappa shape index (κ1) is 18.9. The maximum atomic E-state index is 12.9. The van der Waals surface area contributed by atoms with Gasteiger partial charge in [0.25, 0.3) is 5.91 Å². The first-order valence-electron chi connectivity index (χ1n) is 8.10. The van der Waals surface area contributed by atoms with Gasteiger partial charge in [0, 0.05) is 13.3 Å². The second kappa shape index (κ2) is 8.69. The number of thiazole rings is 1. The van der Waals surface area contributed by atoms with Crippen molar-refractivity contribution in [2.24, 2.45) is 0 Å². The molecule has 0 saturated heterocycles. The van der Waals surface area contributed by atoms with Crippen molar-refractivity contribution in [3.8, 4) is 5.75 Å². The highest BCUT2D eigenvalue weighted by Gasteiger charge is 2.18. The molecule has 1 amide bonds. The van der Waals surface area contributed by atoms with Crippen LogP contribution in [0.5, 0.6) is 5.75 Å². The largest absolute Gasteiger partial charge is 0.492 e. The van der Waals surface area contributed by atoms with Gasteiger partial charge in [-0.25, -0.2) is 14.1 Å². The number of ether oxygens (including phenoxy) is 2. The molecule has 0 saturated carbocycles. The maximum absolute atomic E-state index is 12.9. The summed E-state index contributed by atoms with van der Waals surface area (Å²) in [5.41, 5.74) is 0.837. The Labute approximate surface area is 158 Å². The van der Waals surface area contributed by atoms with Crippen LogP contribution in [-0.4, -0.2) is 39.6 Å². The van der Waals surface area contributed by atoms with Gasteiger partial charge in [-0.1, -0.05) is 16.6 Å². The number of carbonyl (C=O) groups is 1. The molecule has 142 valence electrons. The highest BCUT2D eigenvalue weighted by molar-refractivity contribution is 7.15. The molecule has 3 aromatic rings. The number of amides is 1. The highest BCUT2D eigenvalue weighted by Crippen LogP contribution is 2.19. The minimum Gasteiger partial charge on any atom is -0.492 e. The Hall–Kier alpha value is -2.85. The number of benzene rings is 1. The molecule has 10 heteroatoms. The zero-order chi connectivity index (χ0) is 19.2. The summed E-state index contributed by atoms with van der Waals surface area (Å²) in [4.78, 5) is 17.4. The quantitative estimate of drug-likeness (QED) is 0.635. The third kappa shape index (κ3) is 4.86. The molecular formula is C17H18FN5O3S. The summed E-state index contributed by atoms with van der Waals surface area (Å²) in [6, 6.07) is 5.76. The van der Waals surface area contributed by atoms with Crippen LogP contribution in [0.25, 0.3) is 0 Å². The van der Waals surface area contributed by atoms with Gasteiger partial charge >= 0.3 is 0 Å². The number of methoxy groups -OCH3 is 1. The van der Waals surface area contributed by atoms with E-state index in [9.17, 15) is 9.18 Å². The molecule has 0 unspecified atom stereocenters. The molecule has 0 fully saturated rings. The fourth-order valence-electron chi connectivity index (χ4n) is 2.29. The second-order valence-corrected chi connectivity index (χ2v) is 6.68. The third-order valence-corrected chi connectivity index (χ3v) is 4.53. The number of nitrogens with zero attached hydrogens (tertiary/aromatic N) is 4. The molecule has 0 spiro atoms. The predicted octanol–water partition coefficient (Wildman–Crippen LogP) is 2.66. The molecule has 3 rings (SSSR count). The number of aromatic nitrogens is 4. The molecular weight excluding hydrogens is 373 g/mol. The summed E-state index contributed by atoms with van der Waals surface area (Å²) in [6.07, 6.45) is 1.65. The standard InChI is InChI=1S/C17H18FN5O3S/c1-11-15(16(24)20-17-19-9-14(27-17)10-25-2)21-22-23(11)7-8-26-13-5-3-12(18)4-6-13/h3-6,9H,7-8,10H2,1-2H3,(H,19,20,24). The van der Waals surface area contributed by atoms with Crippen molar-refractivity contribution < 1.29 is 18.7 Å². The van der Waals surface area contributed by atoms with E-state index in [1.54, 1.807) is 37.0 Å². The summed E-state index contributed by atoms with van der Waals surface area (Å²) < 4.78 is 25.0. The molecule has 27 heavy (non-hydrogen) atoms. The first-order chi connectivity index (χ1) is 13.1. The minimum absolute atomic E-state index is 0.222. The van der Waals surface area contributed by atoms with Crippen LogP contribution in [0.1, 0.15) is 21.1 Å². The zero-order valence-corrected chi connectivity index (χ0v) is 15.6. The minimum atomic E-state index is -0.378. The average Bonchev–Trinajstić information content (AvgIpc) is 3.24. The Bertz CT molecular complexity index is 910. The summed E-state index contributed by atoms with van der Waals surface area (Å²) in [7, 11) is 1.60. The van der Waals surface area contributed by atoms with Gasteiger partial charge in [0.15, 0.2) is 10.8 Å². The monoisotopic (exact) mass is 391 g/mol. The van der Waals surface area contributed by atoms with E-state index in [1.165, 1.54) is 23.5 Å². The molecule has 0 bridgehead atoms. The Balaban J connectivity index is 1.56. The molecule has 0 aliphatic heterocycles. The first-order valence-corrected chi connectivity index (χ1v) is 8.92. The highest BCUT2D eigenvalue weighted by atomic mass is 32.1. The van der Waals surface area contributed by atoms with E-state index in [0.717, 1.165) is 4.88 Å². The smallest absolute Gasteiger partial charge is 0.279 e. The van der Waals surface area contributed by atoms with Crippen LogP contribution in [0, 0.1) is 12.7 Å². The summed E-state index contributed by atoms with van der Waals surface area (Å²) in [5.74, 6) is -0.140. The number of nitrogens with one attached hydrogen (secondary N) is 1. The van der Waals surface area contributed by atoms with Crippen LogP contribution in [0.3, 0.4) is 0 Å². The Morgan fingerprint density at radius 1 is 1.33 bits per heavy atom. The normalized spacial score (nSPS) is 10.8. The van der Waals surface area contributed by atoms with Crippen LogP contribution < -0.4 is 10.1 Å². The lowest BCUT2D eigenvalue weighted by atomic mass is 10.3.